The molecule has 0 bridgehead atoms. The molecular formula is C26H25N5OS. The molecule has 1 aliphatic rings. The van der Waals surface area contributed by atoms with Gasteiger partial charge in [-0.25, -0.2) is 4.98 Å². The predicted octanol–water partition coefficient (Wildman–Crippen LogP) is 4.80. The SMILES string of the molecule is O=C(NCc1csc(-c2ccccc2)n1)C1CCN(c2ccc(-c3ccccc3)nn2)CC1. The van der Waals surface area contributed by atoms with Crippen LogP contribution in [0.15, 0.2) is 78.2 Å². The number of carbonyl (C=O) groups excluding carboxylic acids is 1. The zero-order chi connectivity index (χ0) is 22.5. The number of piperidine rings is 1. The molecule has 3 heterocycles. The number of amides is 1. The minimum atomic E-state index is 0.0185. The molecule has 5 rings (SSSR count). The fraction of sp³-hybridized carbons (Fsp3) is 0.231. The van der Waals surface area contributed by atoms with Gasteiger partial charge in [-0.2, -0.15) is 0 Å². The van der Waals surface area contributed by atoms with Gasteiger partial charge in [-0.1, -0.05) is 60.7 Å². The van der Waals surface area contributed by atoms with Crippen LogP contribution in [0.5, 0.6) is 0 Å². The summed E-state index contributed by atoms with van der Waals surface area (Å²) in [4.78, 5) is 19.6. The maximum absolute atomic E-state index is 12.7. The average Bonchev–Trinajstić information content (AvgIpc) is 3.38. The van der Waals surface area contributed by atoms with Crippen LogP contribution in [0.3, 0.4) is 0 Å². The Hall–Kier alpha value is -3.58. The summed E-state index contributed by atoms with van der Waals surface area (Å²) in [7, 11) is 0. The van der Waals surface area contributed by atoms with Gasteiger partial charge in [-0.15, -0.1) is 21.5 Å². The Bertz CT molecular complexity index is 1190. The minimum absolute atomic E-state index is 0.0185. The second-order valence-corrected chi connectivity index (χ2v) is 8.99. The van der Waals surface area contributed by atoms with Gasteiger partial charge >= 0.3 is 0 Å². The lowest BCUT2D eigenvalue weighted by Gasteiger charge is -2.31. The number of hydrogen-bond donors (Lipinski definition) is 1. The third-order valence-corrected chi connectivity index (χ3v) is 6.87. The Labute approximate surface area is 197 Å². The van der Waals surface area contributed by atoms with Crippen LogP contribution in [-0.2, 0) is 11.3 Å². The number of nitrogens with zero attached hydrogens (tertiary/aromatic N) is 4. The first-order valence-electron chi connectivity index (χ1n) is 11.2. The lowest BCUT2D eigenvalue weighted by atomic mass is 9.96. The van der Waals surface area contributed by atoms with Crippen molar-refractivity contribution in [1.82, 2.24) is 20.5 Å². The standard InChI is InChI=1S/C26H25N5OS/c32-25(27-17-22-18-33-26(28-22)21-9-5-2-6-10-21)20-13-15-31(16-14-20)24-12-11-23(29-30-24)19-7-3-1-4-8-19/h1-12,18,20H,13-17H2,(H,27,32). The normalized spacial score (nSPS) is 14.2. The van der Waals surface area contributed by atoms with Crippen molar-refractivity contribution in [2.24, 2.45) is 5.92 Å². The van der Waals surface area contributed by atoms with E-state index in [-0.39, 0.29) is 11.8 Å². The van der Waals surface area contributed by atoms with E-state index in [0.29, 0.717) is 6.54 Å². The highest BCUT2D eigenvalue weighted by Gasteiger charge is 2.25. The lowest BCUT2D eigenvalue weighted by molar-refractivity contribution is -0.125. The van der Waals surface area contributed by atoms with E-state index in [1.165, 1.54) is 0 Å². The molecule has 7 heteroatoms. The fourth-order valence-electron chi connectivity index (χ4n) is 4.05. The average molecular weight is 456 g/mol. The summed E-state index contributed by atoms with van der Waals surface area (Å²) in [5, 5.41) is 14.9. The van der Waals surface area contributed by atoms with E-state index in [9.17, 15) is 4.79 Å². The molecule has 4 aromatic rings. The van der Waals surface area contributed by atoms with E-state index in [1.807, 2.05) is 66.0 Å². The molecule has 0 radical (unpaired) electrons. The number of carbonyl (C=O) groups is 1. The van der Waals surface area contributed by atoms with Crippen molar-refractivity contribution in [3.8, 4) is 21.8 Å². The van der Waals surface area contributed by atoms with Crippen molar-refractivity contribution in [3.63, 3.8) is 0 Å². The Morgan fingerprint density at radius 3 is 2.27 bits per heavy atom. The molecule has 0 spiro atoms. The van der Waals surface area contributed by atoms with Gasteiger partial charge in [0.05, 0.1) is 17.9 Å². The highest BCUT2D eigenvalue weighted by molar-refractivity contribution is 7.13. The van der Waals surface area contributed by atoms with Gasteiger partial charge in [-0.05, 0) is 25.0 Å². The number of rotatable bonds is 6. The summed E-state index contributed by atoms with van der Waals surface area (Å²) in [6.45, 7) is 2.06. The van der Waals surface area contributed by atoms with Crippen LogP contribution in [0.4, 0.5) is 5.82 Å². The van der Waals surface area contributed by atoms with Crippen molar-refractivity contribution in [3.05, 3.63) is 83.9 Å². The number of aromatic nitrogens is 3. The topological polar surface area (TPSA) is 71.0 Å². The molecule has 1 N–H and O–H groups in total. The van der Waals surface area contributed by atoms with Crippen LogP contribution in [0.25, 0.3) is 21.8 Å². The third kappa shape index (κ3) is 5.09. The molecule has 166 valence electrons. The highest BCUT2D eigenvalue weighted by Crippen LogP contribution is 2.25. The second-order valence-electron chi connectivity index (χ2n) is 8.13. The van der Waals surface area contributed by atoms with Crippen LogP contribution >= 0.6 is 11.3 Å². The molecule has 1 fully saturated rings. The molecule has 1 saturated heterocycles. The molecule has 0 atom stereocenters. The summed E-state index contributed by atoms with van der Waals surface area (Å²) >= 11 is 1.61. The Morgan fingerprint density at radius 2 is 1.61 bits per heavy atom. The summed E-state index contributed by atoms with van der Waals surface area (Å²) < 4.78 is 0. The molecule has 0 saturated carbocycles. The number of hydrogen-bond acceptors (Lipinski definition) is 6. The van der Waals surface area contributed by atoms with E-state index in [4.69, 9.17) is 0 Å². The van der Waals surface area contributed by atoms with Crippen molar-refractivity contribution in [2.75, 3.05) is 18.0 Å². The maximum Gasteiger partial charge on any atom is 0.223 e. The first-order chi connectivity index (χ1) is 16.3. The highest BCUT2D eigenvalue weighted by atomic mass is 32.1. The monoisotopic (exact) mass is 455 g/mol. The summed E-state index contributed by atoms with van der Waals surface area (Å²) in [5.41, 5.74) is 3.93. The van der Waals surface area contributed by atoms with Gasteiger partial charge in [0.25, 0.3) is 0 Å². The van der Waals surface area contributed by atoms with Crippen molar-refractivity contribution < 1.29 is 4.79 Å². The van der Waals surface area contributed by atoms with Gasteiger partial charge in [0.2, 0.25) is 5.91 Å². The summed E-state index contributed by atoms with van der Waals surface area (Å²) in [5.74, 6) is 0.990. The first kappa shape index (κ1) is 21.3. The minimum Gasteiger partial charge on any atom is -0.355 e. The smallest absolute Gasteiger partial charge is 0.223 e. The van der Waals surface area contributed by atoms with E-state index in [0.717, 1.165) is 59.3 Å². The van der Waals surface area contributed by atoms with Gasteiger partial charge in [0, 0.05) is 35.5 Å². The Morgan fingerprint density at radius 1 is 0.909 bits per heavy atom. The van der Waals surface area contributed by atoms with Crippen molar-refractivity contribution in [2.45, 2.75) is 19.4 Å². The second kappa shape index (κ2) is 9.92. The quantitative estimate of drug-likeness (QED) is 0.452. The zero-order valence-corrected chi connectivity index (χ0v) is 19.0. The lowest BCUT2D eigenvalue weighted by Crippen LogP contribution is -2.40. The molecule has 1 aliphatic heterocycles. The van der Waals surface area contributed by atoms with Crippen LogP contribution in [0, 0.1) is 5.92 Å². The molecule has 0 aliphatic carbocycles. The fourth-order valence-corrected chi connectivity index (χ4v) is 4.88. The van der Waals surface area contributed by atoms with Crippen LogP contribution in [0.1, 0.15) is 18.5 Å². The largest absolute Gasteiger partial charge is 0.355 e. The van der Waals surface area contributed by atoms with Gasteiger partial charge in [0.1, 0.15) is 5.01 Å². The zero-order valence-electron chi connectivity index (χ0n) is 18.2. The number of anilines is 1. The van der Waals surface area contributed by atoms with Crippen LogP contribution in [0.2, 0.25) is 0 Å². The van der Waals surface area contributed by atoms with Crippen LogP contribution in [-0.4, -0.2) is 34.2 Å². The van der Waals surface area contributed by atoms with E-state index < -0.39 is 0 Å². The van der Waals surface area contributed by atoms with E-state index >= 15 is 0 Å². The summed E-state index contributed by atoms with van der Waals surface area (Å²) in [6.07, 6.45) is 1.61. The molecule has 2 aromatic carbocycles. The van der Waals surface area contributed by atoms with Crippen molar-refractivity contribution >= 4 is 23.1 Å². The van der Waals surface area contributed by atoms with Crippen LogP contribution < -0.4 is 10.2 Å². The van der Waals surface area contributed by atoms with Gasteiger partial charge in [-0.3, -0.25) is 4.79 Å². The third-order valence-electron chi connectivity index (χ3n) is 5.93. The Kier molecular flexibility index (Phi) is 6.39. The van der Waals surface area contributed by atoms with E-state index in [2.05, 4.69) is 37.5 Å². The Balaban J connectivity index is 1.11. The van der Waals surface area contributed by atoms with Gasteiger partial charge < -0.3 is 10.2 Å². The summed E-state index contributed by atoms with van der Waals surface area (Å²) in [6, 6.07) is 24.2. The number of benzene rings is 2. The number of thiazole rings is 1. The first-order valence-corrected chi connectivity index (χ1v) is 12.1. The maximum atomic E-state index is 12.7. The molecule has 33 heavy (non-hydrogen) atoms. The molecular weight excluding hydrogens is 430 g/mol. The van der Waals surface area contributed by atoms with Crippen molar-refractivity contribution in [1.29, 1.82) is 0 Å². The number of nitrogens with one attached hydrogen (secondary N) is 1. The molecule has 6 nitrogen and oxygen atoms in total. The molecule has 0 unspecified atom stereocenters. The van der Waals surface area contributed by atoms with Gasteiger partial charge in [0.15, 0.2) is 5.82 Å². The molecule has 1 amide bonds. The molecule has 2 aromatic heterocycles. The predicted molar refractivity (Wildman–Crippen MR) is 132 cm³/mol. The van der Waals surface area contributed by atoms with E-state index in [1.54, 1.807) is 11.3 Å².